The molecule has 1 heteroatoms. The van der Waals surface area contributed by atoms with Crippen LogP contribution in [0.2, 0.25) is 0 Å². The van der Waals surface area contributed by atoms with Crippen molar-refractivity contribution in [2.45, 2.75) is 13.3 Å². The highest BCUT2D eigenvalue weighted by Gasteiger charge is 1.89. The van der Waals surface area contributed by atoms with Crippen molar-refractivity contribution in [3.8, 4) is 0 Å². The van der Waals surface area contributed by atoms with Crippen LogP contribution in [-0.4, -0.2) is 6.29 Å². The lowest BCUT2D eigenvalue weighted by molar-refractivity contribution is 0.556. The molecule has 0 spiro atoms. The summed E-state index contributed by atoms with van der Waals surface area (Å²) in [6.07, 6.45) is 5.95. The topological polar surface area (TPSA) is 17.1 Å². The molecule has 0 aliphatic rings. The zero-order valence-corrected chi connectivity index (χ0v) is 7.08. The molecule has 0 unspecified atom stereocenters. The standard InChI is InChI=1S/C11H11O/c1-10-6-2-3-7-11(10)8-4-5-9-12/h2-4,6-8H,5H2,1H3/b8-4+. The summed E-state index contributed by atoms with van der Waals surface area (Å²) in [4.78, 5) is 9.90. The highest BCUT2D eigenvalue weighted by Crippen LogP contribution is 2.08. The molecule has 0 atom stereocenters. The molecule has 1 radical (unpaired) electrons. The van der Waals surface area contributed by atoms with Gasteiger partial charge in [-0.15, -0.1) is 0 Å². The molecule has 0 N–H and O–H groups in total. The molecule has 0 amide bonds. The highest BCUT2D eigenvalue weighted by molar-refractivity contribution is 5.59. The van der Waals surface area contributed by atoms with E-state index in [1.807, 2.05) is 49.6 Å². The predicted molar refractivity (Wildman–Crippen MR) is 50.5 cm³/mol. The molecule has 0 aliphatic heterocycles. The van der Waals surface area contributed by atoms with Crippen molar-refractivity contribution in [2.75, 3.05) is 0 Å². The van der Waals surface area contributed by atoms with Gasteiger partial charge in [0.2, 0.25) is 6.29 Å². The number of allylic oxidation sites excluding steroid dienone is 1. The monoisotopic (exact) mass is 159 g/mol. The van der Waals surface area contributed by atoms with Crippen LogP contribution in [0.25, 0.3) is 6.08 Å². The van der Waals surface area contributed by atoms with Crippen LogP contribution in [0.15, 0.2) is 30.3 Å². The van der Waals surface area contributed by atoms with Crippen LogP contribution in [0.4, 0.5) is 0 Å². The maximum Gasteiger partial charge on any atom is 0.202 e. The van der Waals surface area contributed by atoms with Crippen molar-refractivity contribution >= 4 is 12.4 Å². The summed E-state index contributed by atoms with van der Waals surface area (Å²) in [5.74, 6) is 0. The Morgan fingerprint density at radius 3 is 2.83 bits per heavy atom. The van der Waals surface area contributed by atoms with E-state index in [4.69, 9.17) is 0 Å². The Kier molecular flexibility index (Phi) is 3.27. The fraction of sp³-hybridized carbons (Fsp3) is 0.182. The van der Waals surface area contributed by atoms with E-state index in [2.05, 4.69) is 0 Å². The molecule has 1 aromatic rings. The maximum atomic E-state index is 9.90. The normalized spacial score (nSPS) is 10.4. The molecule has 1 rings (SSSR count). The van der Waals surface area contributed by atoms with Crippen LogP contribution in [0, 0.1) is 6.92 Å². The van der Waals surface area contributed by atoms with Gasteiger partial charge in [0.1, 0.15) is 0 Å². The minimum absolute atomic E-state index is 0.369. The van der Waals surface area contributed by atoms with Crippen molar-refractivity contribution in [3.05, 3.63) is 41.5 Å². The number of hydrogen-bond acceptors (Lipinski definition) is 1. The van der Waals surface area contributed by atoms with E-state index in [9.17, 15) is 4.79 Å². The molecule has 12 heavy (non-hydrogen) atoms. The lowest BCUT2D eigenvalue weighted by Gasteiger charge is -1.96. The van der Waals surface area contributed by atoms with Gasteiger partial charge in [-0.2, -0.15) is 0 Å². The van der Waals surface area contributed by atoms with Gasteiger partial charge in [-0.25, -0.2) is 0 Å². The minimum atomic E-state index is 0.369. The molecule has 0 bridgehead atoms. The second kappa shape index (κ2) is 4.50. The van der Waals surface area contributed by atoms with E-state index in [0.29, 0.717) is 6.42 Å². The molecule has 0 aliphatic carbocycles. The SMILES string of the molecule is Cc1ccccc1/C=C/C[C]=O. The molecule has 61 valence electrons. The Morgan fingerprint density at radius 1 is 1.42 bits per heavy atom. The van der Waals surface area contributed by atoms with Crippen LogP contribution in [0.3, 0.4) is 0 Å². The summed E-state index contributed by atoms with van der Waals surface area (Å²) in [6, 6.07) is 8.05. The third kappa shape index (κ3) is 2.35. The molecular weight excluding hydrogens is 148 g/mol. The van der Waals surface area contributed by atoms with Crippen molar-refractivity contribution < 1.29 is 4.79 Å². The number of rotatable bonds is 3. The smallest absolute Gasteiger partial charge is 0.202 e. The molecule has 1 nitrogen and oxygen atoms in total. The summed E-state index contributed by atoms with van der Waals surface area (Å²) in [6.45, 7) is 2.05. The molecule has 0 saturated carbocycles. The van der Waals surface area contributed by atoms with Crippen LogP contribution < -0.4 is 0 Å². The Hall–Kier alpha value is -1.37. The minimum Gasteiger partial charge on any atom is -0.291 e. The summed E-state index contributed by atoms with van der Waals surface area (Å²) < 4.78 is 0. The van der Waals surface area contributed by atoms with E-state index in [1.54, 1.807) is 0 Å². The summed E-state index contributed by atoms with van der Waals surface area (Å²) in [5, 5.41) is 0. The van der Waals surface area contributed by atoms with E-state index >= 15 is 0 Å². The lowest BCUT2D eigenvalue weighted by atomic mass is 10.1. The first-order chi connectivity index (χ1) is 5.84. The molecule has 0 fully saturated rings. The van der Waals surface area contributed by atoms with Gasteiger partial charge in [0.25, 0.3) is 0 Å². The van der Waals surface area contributed by atoms with Gasteiger partial charge in [-0.05, 0) is 18.1 Å². The first-order valence-corrected chi connectivity index (χ1v) is 3.92. The maximum absolute atomic E-state index is 9.90. The Morgan fingerprint density at radius 2 is 2.17 bits per heavy atom. The average molecular weight is 159 g/mol. The highest BCUT2D eigenvalue weighted by atomic mass is 16.1. The fourth-order valence-corrected chi connectivity index (χ4v) is 1.01. The van der Waals surface area contributed by atoms with Crippen molar-refractivity contribution in [3.63, 3.8) is 0 Å². The molecule has 1 aromatic carbocycles. The van der Waals surface area contributed by atoms with Crippen molar-refractivity contribution in [2.24, 2.45) is 0 Å². The Labute approximate surface area is 72.7 Å². The van der Waals surface area contributed by atoms with Crippen LogP contribution >= 0.6 is 0 Å². The number of benzene rings is 1. The number of hydrogen-bond donors (Lipinski definition) is 0. The van der Waals surface area contributed by atoms with Gasteiger partial charge in [-0.1, -0.05) is 36.4 Å². The van der Waals surface area contributed by atoms with Crippen LogP contribution in [0.5, 0.6) is 0 Å². The van der Waals surface area contributed by atoms with E-state index in [0.717, 1.165) is 5.56 Å². The van der Waals surface area contributed by atoms with Gasteiger partial charge in [0.15, 0.2) is 0 Å². The Bertz CT molecular complexity index is 287. The third-order valence-corrected chi connectivity index (χ3v) is 1.69. The van der Waals surface area contributed by atoms with E-state index in [1.165, 1.54) is 5.56 Å². The first-order valence-electron chi connectivity index (χ1n) is 3.92. The van der Waals surface area contributed by atoms with E-state index < -0.39 is 0 Å². The number of carbonyl (C=O) groups excluding carboxylic acids is 1. The van der Waals surface area contributed by atoms with Gasteiger partial charge in [0, 0.05) is 6.42 Å². The van der Waals surface area contributed by atoms with Crippen LogP contribution in [-0.2, 0) is 4.79 Å². The van der Waals surface area contributed by atoms with Crippen molar-refractivity contribution in [1.82, 2.24) is 0 Å². The zero-order valence-electron chi connectivity index (χ0n) is 7.08. The largest absolute Gasteiger partial charge is 0.291 e. The van der Waals surface area contributed by atoms with Gasteiger partial charge in [0.05, 0.1) is 0 Å². The van der Waals surface area contributed by atoms with Gasteiger partial charge < -0.3 is 0 Å². The Balaban J connectivity index is 2.74. The molecule has 0 aromatic heterocycles. The van der Waals surface area contributed by atoms with Gasteiger partial charge >= 0.3 is 0 Å². The molecule has 0 saturated heterocycles. The van der Waals surface area contributed by atoms with E-state index in [-0.39, 0.29) is 0 Å². The third-order valence-electron chi connectivity index (χ3n) is 1.69. The predicted octanol–water partition coefficient (Wildman–Crippen LogP) is 2.51. The second-order valence-corrected chi connectivity index (χ2v) is 2.61. The first kappa shape index (κ1) is 8.72. The zero-order chi connectivity index (χ0) is 8.81. The van der Waals surface area contributed by atoms with Crippen LogP contribution in [0.1, 0.15) is 17.5 Å². The van der Waals surface area contributed by atoms with Gasteiger partial charge in [-0.3, -0.25) is 4.79 Å². The van der Waals surface area contributed by atoms with Crippen molar-refractivity contribution in [1.29, 1.82) is 0 Å². The summed E-state index contributed by atoms with van der Waals surface area (Å²) >= 11 is 0. The summed E-state index contributed by atoms with van der Waals surface area (Å²) in [7, 11) is 0. The molecular formula is C11H11O. The number of aryl methyl sites for hydroxylation is 1. The lowest BCUT2D eigenvalue weighted by Crippen LogP contribution is -1.77. The average Bonchev–Trinajstić information content (AvgIpc) is 2.09. The molecule has 0 heterocycles. The second-order valence-electron chi connectivity index (χ2n) is 2.61. The fourth-order valence-electron chi connectivity index (χ4n) is 1.01. The summed E-state index contributed by atoms with van der Waals surface area (Å²) in [5.41, 5.74) is 2.38. The quantitative estimate of drug-likeness (QED) is 0.662.